The maximum atomic E-state index is 12.4. The van der Waals surface area contributed by atoms with Gasteiger partial charge in [0.25, 0.3) is 5.56 Å². The van der Waals surface area contributed by atoms with E-state index in [-0.39, 0.29) is 17.5 Å². The zero-order chi connectivity index (χ0) is 17.8. The summed E-state index contributed by atoms with van der Waals surface area (Å²) in [7, 11) is 0. The van der Waals surface area contributed by atoms with Gasteiger partial charge in [0.2, 0.25) is 5.91 Å². The number of aromatic nitrogens is 3. The number of aromatic amines is 1. The summed E-state index contributed by atoms with van der Waals surface area (Å²) in [6.45, 7) is 7.53. The maximum absolute atomic E-state index is 12.4. The quantitative estimate of drug-likeness (QED) is 0.806. The lowest BCUT2D eigenvalue weighted by Crippen LogP contribution is -2.61. The Bertz CT molecular complexity index is 812. The van der Waals surface area contributed by atoms with Crippen LogP contribution < -0.4 is 10.5 Å². The van der Waals surface area contributed by atoms with Crippen LogP contribution in [0, 0.1) is 0 Å². The van der Waals surface area contributed by atoms with E-state index >= 15 is 0 Å². The zero-order valence-electron chi connectivity index (χ0n) is 14.2. The van der Waals surface area contributed by atoms with E-state index in [1.807, 2.05) is 6.07 Å². The van der Waals surface area contributed by atoms with E-state index in [4.69, 9.17) is 0 Å². The minimum absolute atomic E-state index is 0.0728. The van der Waals surface area contributed by atoms with Crippen LogP contribution in [-0.2, 0) is 4.79 Å². The molecule has 0 aromatic carbocycles. The van der Waals surface area contributed by atoms with Crippen molar-refractivity contribution in [2.45, 2.75) is 19.4 Å². The molecule has 0 saturated carbocycles. The molecular formula is C18H21N5O2. The predicted octanol–water partition coefficient (Wildman–Crippen LogP) is 1.45. The first-order valence-corrected chi connectivity index (χ1v) is 8.31. The van der Waals surface area contributed by atoms with Gasteiger partial charge in [-0.15, -0.1) is 0 Å². The van der Waals surface area contributed by atoms with Crippen LogP contribution in [0.4, 0.5) is 5.69 Å². The van der Waals surface area contributed by atoms with Crippen molar-refractivity contribution in [2.24, 2.45) is 0 Å². The monoisotopic (exact) mass is 339 g/mol. The molecule has 0 radical (unpaired) electrons. The number of nitrogens with one attached hydrogen (secondary N) is 1. The molecule has 1 amide bonds. The number of anilines is 1. The predicted molar refractivity (Wildman–Crippen MR) is 96.3 cm³/mol. The van der Waals surface area contributed by atoms with Crippen LogP contribution >= 0.6 is 0 Å². The normalized spacial score (nSPS) is 14.0. The van der Waals surface area contributed by atoms with Gasteiger partial charge in [-0.2, -0.15) is 0 Å². The SMILES string of the molecule is C=CC(=O)N1CC(N(CCC)c2cc(-c3ccncn3)c[nH]c2=O)C1. The number of likely N-dealkylation sites (tertiary alicyclic amines) is 1. The summed E-state index contributed by atoms with van der Waals surface area (Å²) in [6, 6.07) is 3.79. The highest BCUT2D eigenvalue weighted by Gasteiger charge is 2.34. The molecule has 0 unspecified atom stereocenters. The Kier molecular flexibility index (Phi) is 4.92. The van der Waals surface area contributed by atoms with E-state index in [0.29, 0.717) is 18.8 Å². The molecule has 1 saturated heterocycles. The van der Waals surface area contributed by atoms with Crippen LogP contribution in [0.5, 0.6) is 0 Å². The van der Waals surface area contributed by atoms with E-state index in [1.165, 1.54) is 12.4 Å². The molecule has 1 fully saturated rings. The van der Waals surface area contributed by atoms with Crippen LogP contribution in [0.3, 0.4) is 0 Å². The minimum atomic E-state index is -0.139. The van der Waals surface area contributed by atoms with Crippen molar-refractivity contribution in [3.05, 3.63) is 53.9 Å². The maximum Gasteiger partial charge on any atom is 0.271 e. The second-order valence-electron chi connectivity index (χ2n) is 5.99. The van der Waals surface area contributed by atoms with Crippen molar-refractivity contribution >= 4 is 11.6 Å². The van der Waals surface area contributed by atoms with Gasteiger partial charge >= 0.3 is 0 Å². The van der Waals surface area contributed by atoms with Gasteiger partial charge in [0.05, 0.1) is 11.7 Å². The molecule has 1 aliphatic rings. The number of hydrogen-bond donors (Lipinski definition) is 1. The molecule has 7 heteroatoms. The van der Waals surface area contributed by atoms with Crippen molar-refractivity contribution in [2.75, 3.05) is 24.5 Å². The van der Waals surface area contributed by atoms with E-state index in [9.17, 15) is 9.59 Å². The Hall–Kier alpha value is -2.96. The molecule has 1 N–H and O–H groups in total. The number of hydrogen-bond acceptors (Lipinski definition) is 5. The van der Waals surface area contributed by atoms with Gasteiger partial charge in [0, 0.05) is 37.6 Å². The molecule has 1 aliphatic heterocycles. The molecule has 0 bridgehead atoms. The van der Waals surface area contributed by atoms with E-state index in [1.54, 1.807) is 23.4 Å². The third kappa shape index (κ3) is 3.45. The lowest BCUT2D eigenvalue weighted by atomic mass is 10.0. The Morgan fingerprint density at radius 1 is 1.52 bits per heavy atom. The standard InChI is InChI=1S/C18H21N5O2/c1-3-7-23(14-10-22(11-14)17(24)4-2)16-8-13(9-20-18(16)25)15-5-6-19-12-21-15/h4-6,8-9,12,14H,2-3,7,10-11H2,1H3,(H,20,25). The van der Waals surface area contributed by atoms with Crippen LogP contribution in [0.1, 0.15) is 13.3 Å². The number of carbonyl (C=O) groups excluding carboxylic acids is 1. The van der Waals surface area contributed by atoms with E-state index in [2.05, 4.69) is 33.4 Å². The third-order valence-electron chi connectivity index (χ3n) is 4.32. The molecule has 2 aromatic heterocycles. The fourth-order valence-corrected chi connectivity index (χ4v) is 3.00. The van der Waals surface area contributed by atoms with Gasteiger partial charge < -0.3 is 14.8 Å². The molecule has 7 nitrogen and oxygen atoms in total. The number of rotatable bonds is 6. The summed E-state index contributed by atoms with van der Waals surface area (Å²) in [5.41, 5.74) is 2.05. The third-order valence-corrected chi connectivity index (χ3v) is 4.32. The molecule has 3 heterocycles. The highest BCUT2D eigenvalue weighted by Crippen LogP contribution is 2.24. The van der Waals surface area contributed by atoms with Gasteiger partial charge in [-0.25, -0.2) is 9.97 Å². The topological polar surface area (TPSA) is 82.2 Å². The molecule has 0 spiro atoms. The van der Waals surface area contributed by atoms with E-state index in [0.717, 1.165) is 24.2 Å². The van der Waals surface area contributed by atoms with Gasteiger partial charge in [-0.05, 0) is 24.6 Å². The van der Waals surface area contributed by atoms with Gasteiger partial charge in [-0.3, -0.25) is 9.59 Å². The first-order chi connectivity index (χ1) is 12.1. The largest absolute Gasteiger partial charge is 0.361 e. The lowest BCUT2D eigenvalue weighted by Gasteiger charge is -2.45. The summed E-state index contributed by atoms with van der Waals surface area (Å²) in [5, 5.41) is 0. The van der Waals surface area contributed by atoms with Crippen LogP contribution in [0.2, 0.25) is 0 Å². The molecule has 0 aliphatic carbocycles. The van der Waals surface area contributed by atoms with Gasteiger partial charge in [0.1, 0.15) is 12.0 Å². The second kappa shape index (κ2) is 7.29. The molecular weight excluding hydrogens is 318 g/mol. The van der Waals surface area contributed by atoms with Crippen LogP contribution in [-0.4, -0.2) is 51.4 Å². The first-order valence-electron chi connectivity index (χ1n) is 8.31. The smallest absolute Gasteiger partial charge is 0.271 e. The zero-order valence-corrected chi connectivity index (χ0v) is 14.2. The van der Waals surface area contributed by atoms with Crippen molar-refractivity contribution < 1.29 is 4.79 Å². The second-order valence-corrected chi connectivity index (χ2v) is 5.99. The highest BCUT2D eigenvalue weighted by atomic mass is 16.2. The Labute approximate surface area is 146 Å². The average molecular weight is 339 g/mol. The van der Waals surface area contributed by atoms with Crippen molar-refractivity contribution in [3.63, 3.8) is 0 Å². The Morgan fingerprint density at radius 2 is 2.32 bits per heavy atom. The summed E-state index contributed by atoms with van der Waals surface area (Å²) < 4.78 is 0. The van der Waals surface area contributed by atoms with E-state index < -0.39 is 0 Å². The highest BCUT2D eigenvalue weighted by molar-refractivity contribution is 5.87. The van der Waals surface area contributed by atoms with Crippen molar-refractivity contribution in [1.82, 2.24) is 19.9 Å². The fourth-order valence-electron chi connectivity index (χ4n) is 3.00. The number of carbonyl (C=O) groups is 1. The number of nitrogens with zero attached hydrogens (tertiary/aromatic N) is 4. The van der Waals surface area contributed by atoms with Gasteiger partial charge in [-0.1, -0.05) is 13.5 Å². The molecule has 130 valence electrons. The average Bonchev–Trinajstić information content (AvgIpc) is 2.61. The Morgan fingerprint density at radius 3 is 2.96 bits per heavy atom. The molecule has 3 rings (SSSR count). The van der Waals surface area contributed by atoms with Crippen molar-refractivity contribution in [1.29, 1.82) is 0 Å². The summed E-state index contributed by atoms with van der Waals surface area (Å²) >= 11 is 0. The van der Waals surface area contributed by atoms with Crippen LogP contribution in [0.15, 0.2) is 48.3 Å². The van der Waals surface area contributed by atoms with Crippen LogP contribution in [0.25, 0.3) is 11.3 Å². The number of pyridine rings is 1. The minimum Gasteiger partial charge on any atom is -0.361 e. The summed E-state index contributed by atoms with van der Waals surface area (Å²) in [5.74, 6) is -0.0728. The number of H-pyrrole nitrogens is 1. The summed E-state index contributed by atoms with van der Waals surface area (Å²) in [6.07, 6.45) is 7.04. The molecule has 2 aromatic rings. The fraction of sp³-hybridized carbons (Fsp3) is 0.333. The molecule has 25 heavy (non-hydrogen) atoms. The molecule has 0 atom stereocenters. The first kappa shape index (κ1) is 16.9. The number of amides is 1. The van der Waals surface area contributed by atoms with Gasteiger partial charge in [0.15, 0.2) is 0 Å². The lowest BCUT2D eigenvalue weighted by molar-refractivity contribution is -0.130. The summed E-state index contributed by atoms with van der Waals surface area (Å²) in [4.78, 5) is 38.8. The Balaban J connectivity index is 1.88. The van der Waals surface area contributed by atoms with Crippen molar-refractivity contribution in [3.8, 4) is 11.3 Å².